The van der Waals surface area contributed by atoms with E-state index in [9.17, 15) is 13.6 Å². The number of fused-ring (bicyclic) bond motifs is 1. The van der Waals surface area contributed by atoms with Gasteiger partial charge in [0.25, 0.3) is 0 Å². The molecule has 0 radical (unpaired) electrons. The van der Waals surface area contributed by atoms with Crippen LogP contribution in [0.25, 0.3) is 16.7 Å². The van der Waals surface area contributed by atoms with Crippen molar-refractivity contribution < 1.29 is 13.6 Å². The predicted molar refractivity (Wildman–Crippen MR) is 128 cm³/mol. The van der Waals surface area contributed by atoms with E-state index in [0.29, 0.717) is 39.1 Å². The fourth-order valence-corrected chi connectivity index (χ4v) is 4.90. The number of nitrogens with zero attached hydrogens (tertiary/aromatic N) is 1. The zero-order valence-corrected chi connectivity index (χ0v) is 18.9. The van der Waals surface area contributed by atoms with E-state index < -0.39 is 11.6 Å². The number of nitrogens with one attached hydrogen (secondary N) is 2. The summed E-state index contributed by atoms with van der Waals surface area (Å²) in [5.74, 6) is -1.33. The highest BCUT2D eigenvalue weighted by Gasteiger charge is 2.31. The normalized spacial score (nSPS) is 15.7. The van der Waals surface area contributed by atoms with E-state index in [4.69, 9.17) is 23.2 Å². The molecule has 0 atom stereocenters. The summed E-state index contributed by atoms with van der Waals surface area (Å²) in [5, 5.41) is 6.73. The van der Waals surface area contributed by atoms with Crippen molar-refractivity contribution in [1.82, 2.24) is 10.6 Å². The Kier molecular flexibility index (Phi) is 5.83. The van der Waals surface area contributed by atoms with Crippen LogP contribution in [-0.2, 0) is 6.54 Å². The predicted octanol–water partition coefficient (Wildman–Crippen LogP) is 6.68. The molecule has 0 bridgehead atoms. The molecule has 2 N–H and O–H groups in total. The quantitative estimate of drug-likeness (QED) is 0.434. The summed E-state index contributed by atoms with van der Waals surface area (Å²) in [6.07, 6.45) is 2.86. The molecular weight excluding hydrogens is 467 g/mol. The number of benzene rings is 3. The average Bonchev–Trinajstić information content (AvgIpc) is 2.80. The zero-order valence-electron chi connectivity index (χ0n) is 17.4. The van der Waals surface area contributed by atoms with Gasteiger partial charge in [-0.05, 0) is 66.1 Å². The largest absolute Gasteiger partial charge is 0.333 e. The summed E-state index contributed by atoms with van der Waals surface area (Å²) in [6.45, 7) is 1.71. The minimum Gasteiger partial charge on any atom is -0.333 e. The molecule has 0 saturated heterocycles. The summed E-state index contributed by atoms with van der Waals surface area (Å²) in [6, 6.07) is 11.9. The van der Waals surface area contributed by atoms with Gasteiger partial charge in [-0.15, -0.1) is 0 Å². The van der Waals surface area contributed by atoms with Gasteiger partial charge in [0.15, 0.2) is 0 Å². The van der Waals surface area contributed by atoms with Crippen LogP contribution < -0.4 is 15.5 Å². The molecule has 2 amide bonds. The summed E-state index contributed by atoms with van der Waals surface area (Å²) >= 11 is 12.9. The molecule has 3 aromatic rings. The topological polar surface area (TPSA) is 44.4 Å². The van der Waals surface area contributed by atoms with Crippen molar-refractivity contribution in [2.45, 2.75) is 13.0 Å². The van der Waals surface area contributed by atoms with Crippen LogP contribution in [0.15, 0.2) is 54.6 Å². The maximum absolute atomic E-state index is 14.9. The number of urea groups is 1. The first-order chi connectivity index (χ1) is 15.9. The van der Waals surface area contributed by atoms with Gasteiger partial charge in [0.2, 0.25) is 0 Å². The summed E-state index contributed by atoms with van der Waals surface area (Å²) in [5.41, 5.74) is 4.37. The van der Waals surface area contributed by atoms with Gasteiger partial charge in [-0.1, -0.05) is 35.3 Å². The van der Waals surface area contributed by atoms with Crippen LogP contribution in [0.4, 0.5) is 25.0 Å². The summed E-state index contributed by atoms with van der Waals surface area (Å²) in [7, 11) is 0. The van der Waals surface area contributed by atoms with Crippen LogP contribution in [0.5, 0.6) is 0 Å². The minimum absolute atomic E-state index is 0.180. The van der Waals surface area contributed by atoms with Crippen molar-refractivity contribution in [1.29, 1.82) is 0 Å². The van der Waals surface area contributed by atoms with Gasteiger partial charge in [-0.3, -0.25) is 4.90 Å². The third-order valence-corrected chi connectivity index (χ3v) is 6.51. The van der Waals surface area contributed by atoms with Crippen LogP contribution >= 0.6 is 23.2 Å². The second kappa shape index (κ2) is 8.78. The Hall–Kier alpha value is -2.93. The van der Waals surface area contributed by atoms with Gasteiger partial charge >= 0.3 is 6.03 Å². The second-order valence-corrected chi connectivity index (χ2v) is 8.71. The van der Waals surface area contributed by atoms with Gasteiger partial charge in [0, 0.05) is 30.3 Å². The number of para-hydroxylation sites is 1. The van der Waals surface area contributed by atoms with E-state index in [0.717, 1.165) is 30.2 Å². The first-order valence-corrected chi connectivity index (χ1v) is 11.2. The minimum atomic E-state index is -0.673. The number of amides is 2. The highest BCUT2D eigenvalue weighted by Crippen LogP contribution is 2.45. The molecule has 0 aromatic heterocycles. The molecule has 2 heterocycles. The van der Waals surface area contributed by atoms with Gasteiger partial charge in [-0.2, -0.15) is 0 Å². The average molecular weight is 486 g/mol. The zero-order chi connectivity index (χ0) is 23.1. The van der Waals surface area contributed by atoms with E-state index in [1.165, 1.54) is 17.0 Å². The van der Waals surface area contributed by atoms with Crippen molar-refractivity contribution in [2.24, 2.45) is 0 Å². The van der Waals surface area contributed by atoms with Crippen LogP contribution in [0.2, 0.25) is 10.0 Å². The summed E-state index contributed by atoms with van der Waals surface area (Å²) < 4.78 is 28.5. The molecule has 0 spiro atoms. The first kappa shape index (κ1) is 21.9. The third kappa shape index (κ3) is 3.99. The monoisotopic (exact) mass is 485 g/mol. The number of rotatable bonds is 3. The Morgan fingerprint density at radius 3 is 2.45 bits per heavy atom. The lowest BCUT2D eigenvalue weighted by atomic mass is 9.89. The molecule has 8 heteroatoms. The lowest BCUT2D eigenvalue weighted by Gasteiger charge is -2.33. The molecule has 2 aliphatic heterocycles. The Bertz CT molecular complexity index is 1290. The molecule has 4 nitrogen and oxygen atoms in total. The maximum Gasteiger partial charge on any atom is 0.326 e. The van der Waals surface area contributed by atoms with Gasteiger partial charge < -0.3 is 10.6 Å². The molecule has 168 valence electrons. The van der Waals surface area contributed by atoms with Crippen LogP contribution in [0, 0.1) is 11.6 Å². The lowest BCUT2D eigenvalue weighted by molar-refractivity contribution is 0.247. The Balaban J connectivity index is 1.80. The molecule has 3 aromatic carbocycles. The Morgan fingerprint density at radius 2 is 1.76 bits per heavy atom. The SMILES string of the molecule is O=C1NCc2c(-c3ccc(F)cc3F)cc(C3=CCNCC3)cc2N1c1c(Cl)cccc1Cl. The van der Waals surface area contributed by atoms with Crippen LogP contribution in [0.1, 0.15) is 17.5 Å². The molecule has 33 heavy (non-hydrogen) atoms. The molecular formula is C25H19Cl2F2N3O. The Labute approximate surface area is 199 Å². The molecule has 0 fully saturated rings. The molecule has 2 aliphatic rings. The highest BCUT2D eigenvalue weighted by atomic mass is 35.5. The molecule has 0 aliphatic carbocycles. The fraction of sp³-hybridized carbons (Fsp3) is 0.160. The number of hydrogen-bond acceptors (Lipinski definition) is 2. The van der Waals surface area contributed by atoms with Crippen molar-refractivity contribution >= 4 is 46.2 Å². The second-order valence-electron chi connectivity index (χ2n) is 7.89. The van der Waals surface area contributed by atoms with E-state index in [1.54, 1.807) is 18.2 Å². The van der Waals surface area contributed by atoms with Crippen molar-refractivity contribution in [3.05, 3.63) is 87.4 Å². The maximum atomic E-state index is 14.9. The van der Waals surface area contributed by atoms with E-state index in [-0.39, 0.29) is 18.1 Å². The number of halogens is 4. The van der Waals surface area contributed by atoms with Crippen LogP contribution in [-0.4, -0.2) is 19.1 Å². The van der Waals surface area contributed by atoms with Crippen molar-refractivity contribution in [2.75, 3.05) is 18.0 Å². The van der Waals surface area contributed by atoms with Crippen molar-refractivity contribution in [3.63, 3.8) is 0 Å². The molecule has 5 rings (SSSR count). The third-order valence-electron chi connectivity index (χ3n) is 5.90. The van der Waals surface area contributed by atoms with E-state index >= 15 is 0 Å². The van der Waals surface area contributed by atoms with Crippen LogP contribution in [0.3, 0.4) is 0 Å². The van der Waals surface area contributed by atoms with Gasteiger partial charge in [0.05, 0.1) is 21.4 Å². The smallest absolute Gasteiger partial charge is 0.326 e. The Morgan fingerprint density at radius 1 is 0.970 bits per heavy atom. The molecule has 0 saturated carbocycles. The first-order valence-electron chi connectivity index (χ1n) is 10.5. The number of carbonyl (C=O) groups excluding carboxylic acids is 1. The number of anilines is 2. The highest BCUT2D eigenvalue weighted by molar-refractivity contribution is 6.40. The summed E-state index contributed by atoms with van der Waals surface area (Å²) in [4.78, 5) is 14.5. The van der Waals surface area contributed by atoms with Crippen molar-refractivity contribution in [3.8, 4) is 11.1 Å². The fourth-order valence-electron chi connectivity index (χ4n) is 4.34. The van der Waals surface area contributed by atoms with E-state index in [1.807, 2.05) is 12.1 Å². The number of carbonyl (C=O) groups is 1. The number of hydrogen-bond donors (Lipinski definition) is 2. The van der Waals surface area contributed by atoms with Gasteiger partial charge in [0.1, 0.15) is 11.6 Å². The van der Waals surface area contributed by atoms with E-state index in [2.05, 4.69) is 16.7 Å². The standard InChI is InChI=1S/C25H19Cl2F2N3O/c26-20-2-1-3-21(27)24(20)32-23-11-15(14-6-8-30-9-7-14)10-18(19(23)13-31-25(32)33)17-5-4-16(28)12-22(17)29/h1-6,10-12,30H,7-9,13H2,(H,31,33). The van der Waals surface area contributed by atoms with Gasteiger partial charge in [-0.25, -0.2) is 13.6 Å². The lowest BCUT2D eigenvalue weighted by Crippen LogP contribution is -2.41. The molecule has 0 unspecified atom stereocenters.